The molecule has 2 heterocycles. The number of oxazole rings is 1. The van der Waals surface area contributed by atoms with Crippen molar-refractivity contribution in [3.63, 3.8) is 0 Å². The van der Waals surface area contributed by atoms with Crippen LogP contribution in [-0.2, 0) is 6.42 Å². The van der Waals surface area contributed by atoms with Crippen LogP contribution < -0.4 is 5.32 Å². The zero-order chi connectivity index (χ0) is 13.1. The van der Waals surface area contributed by atoms with Crippen molar-refractivity contribution in [2.24, 2.45) is 0 Å². The summed E-state index contributed by atoms with van der Waals surface area (Å²) in [6.45, 7) is 1.03. The van der Waals surface area contributed by atoms with Crippen molar-refractivity contribution < 1.29 is 8.81 Å². The third-order valence-electron chi connectivity index (χ3n) is 3.47. The zero-order valence-corrected chi connectivity index (χ0v) is 10.7. The van der Waals surface area contributed by atoms with E-state index in [1.54, 1.807) is 18.3 Å². The molecule has 3 nitrogen and oxygen atoms in total. The smallest absolute Gasteiger partial charge is 0.211 e. The maximum absolute atomic E-state index is 12.8. The highest BCUT2D eigenvalue weighted by Gasteiger charge is 2.19. The van der Waals surface area contributed by atoms with Gasteiger partial charge >= 0.3 is 0 Å². The van der Waals surface area contributed by atoms with E-state index in [0.29, 0.717) is 6.42 Å². The monoisotopic (exact) mass is 260 g/mol. The Labute approximate surface area is 111 Å². The second-order valence-electron chi connectivity index (χ2n) is 4.97. The van der Waals surface area contributed by atoms with Gasteiger partial charge in [0.2, 0.25) is 5.89 Å². The molecule has 0 bridgehead atoms. The summed E-state index contributed by atoms with van der Waals surface area (Å²) in [5.41, 5.74) is 1.03. The molecule has 0 radical (unpaired) electrons. The first-order valence-electron chi connectivity index (χ1n) is 6.74. The van der Waals surface area contributed by atoms with Crippen LogP contribution in [0.4, 0.5) is 4.39 Å². The Hall–Kier alpha value is -1.68. The van der Waals surface area contributed by atoms with E-state index < -0.39 is 0 Å². The van der Waals surface area contributed by atoms with Gasteiger partial charge in [-0.25, -0.2) is 9.37 Å². The molecule has 1 atom stereocenters. The molecule has 19 heavy (non-hydrogen) atoms. The summed E-state index contributed by atoms with van der Waals surface area (Å²) < 4.78 is 18.6. The number of aromatic nitrogens is 1. The summed E-state index contributed by atoms with van der Waals surface area (Å²) >= 11 is 0. The second-order valence-corrected chi connectivity index (χ2v) is 4.97. The topological polar surface area (TPSA) is 38.1 Å². The first-order valence-corrected chi connectivity index (χ1v) is 6.74. The van der Waals surface area contributed by atoms with E-state index in [9.17, 15) is 4.39 Å². The number of rotatable bonds is 3. The molecule has 1 N–H and O–H groups in total. The summed E-state index contributed by atoms with van der Waals surface area (Å²) in [5.74, 6) is 1.39. The Kier molecular flexibility index (Phi) is 3.60. The Bertz CT molecular complexity index is 529. The van der Waals surface area contributed by atoms with Crippen LogP contribution >= 0.6 is 0 Å². The SMILES string of the molecule is Fc1ccc(Cc2cnc(C3CCCCN3)o2)cc1. The zero-order valence-electron chi connectivity index (χ0n) is 10.7. The van der Waals surface area contributed by atoms with Gasteiger partial charge in [-0.1, -0.05) is 18.6 Å². The number of hydrogen-bond acceptors (Lipinski definition) is 3. The van der Waals surface area contributed by atoms with Gasteiger partial charge < -0.3 is 9.73 Å². The van der Waals surface area contributed by atoms with Crippen LogP contribution in [0.5, 0.6) is 0 Å². The molecule has 1 aromatic carbocycles. The van der Waals surface area contributed by atoms with Crippen LogP contribution in [0.15, 0.2) is 34.9 Å². The maximum Gasteiger partial charge on any atom is 0.211 e. The predicted molar refractivity (Wildman–Crippen MR) is 70.3 cm³/mol. The quantitative estimate of drug-likeness (QED) is 0.920. The van der Waals surface area contributed by atoms with Crippen molar-refractivity contribution in [3.8, 4) is 0 Å². The lowest BCUT2D eigenvalue weighted by atomic mass is 10.1. The predicted octanol–water partition coefficient (Wildman–Crippen LogP) is 3.22. The second kappa shape index (κ2) is 5.53. The van der Waals surface area contributed by atoms with Gasteiger partial charge in [-0.15, -0.1) is 0 Å². The summed E-state index contributed by atoms with van der Waals surface area (Å²) in [7, 11) is 0. The van der Waals surface area contributed by atoms with Crippen molar-refractivity contribution in [2.45, 2.75) is 31.7 Å². The molecule has 1 unspecified atom stereocenters. The molecule has 3 rings (SSSR count). The van der Waals surface area contributed by atoms with E-state index in [1.165, 1.54) is 25.0 Å². The Morgan fingerprint density at radius 3 is 2.84 bits per heavy atom. The minimum Gasteiger partial charge on any atom is -0.444 e. The van der Waals surface area contributed by atoms with Gasteiger partial charge in [0, 0.05) is 6.42 Å². The number of benzene rings is 1. The molecule has 100 valence electrons. The fraction of sp³-hybridized carbons (Fsp3) is 0.400. The number of nitrogens with zero attached hydrogens (tertiary/aromatic N) is 1. The molecule has 2 aromatic rings. The Balaban J connectivity index is 1.68. The largest absolute Gasteiger partial charge is 0.444 e. The van der Waals surface area contributed by atoms with E-state index in [2.05, 4.69) is 10.3 Å². The van der Waals surface area contributed by atoms with Gasteiger partial charge in [0.15, 0.2) is 0 Å². The van der Waals surface area contributed by atoms with Crippen LogP contribution in [0.2, 0.25) is 0 Å². The van der Waals surface area contributed by atoms with E-state index in [-0.39, 0.29) is 11.9 Å². The third kappa shape index (κ3) is 3.01. The van der Waals surface area contributed by atoms with Crippen LogP contribution in [0.3, 0.4) is 0 Å². The van der Waals surface area contributed by atoms with Crippen molar-refractivity contribution in [1.82, 2.24) is 10.3 Å². The normalized spacial score (nSPS) is 19.5. The fourth-order valence-corrected chi connectivity index (χ4v) is 2.43. The molecular formula is C15H17FN2O. The molecule has 0 aliphatic carbocycles. The van der Waals surface area contributed by atoms with Gasteiger partial charge in [0.05, 0.1) is 12.2 Å². The average molecular weight is 260 g/mol. The van der Waals surface area contributed by atoms with Gasteiger partial charge in [-0.2, -0.15) is 0 Å². The molecule has 1 aliphatic rings. The van der Waals surface area contributed by atoms with Crippen LogP contribution in [-0.4, -0.2) is 11.5 Å². The minimum absolute atomic E-state index is 0.214. The molecule has 4 heteroatoms. The summed E-state index contributed by atoms with van der Waals surface area (Å²) in [5, 5.41) is 3.41. The van der Waals surface area contributed by atoms with Crippen molar-refractivity contribution >= 4 is 0 Å². The van der Waals surface area contributed by atoms with Crippen molar-refractivity contribution in [2.75, 3.05) is 6.54 Å². The van der Waals surface area contributed by atoms with Crippen LogP contribution in [0.1, 0.15) is 42.5 Å². The van der Waals surface area contributed by atoms with Gasteiger partial charge in [-0.3, -0.25) is 0 Å². The van der Waals surface area contributed by atoms with Crippen LogP contribution in [0, 0.1) is 5.82 Å². The molecule has 1 saturated heterocycles. The molecule has 0 amide bonds. The molecule has 0 spiro atoms. The number of nitrogens with one attached hydrogen (secondary N) is 1. The lowest BCUT2D eigenvalue weighted by Crippen LogP contribution is -2.26. The highest BCUT2D eigenvalue weighted by Crippen LogP contribution is 2.23. The molecular weight excluding hydrogens is 243 g/mol. The van der Waals surface area contributed by atoms with E-state index in [0.717, 1.165) is 30.2 Å². The van der Waals surface area contributed by atoms with Crippen molar-refractivity contribution in [1.29, 1.82) is 0 Å². The Morgan fingerprint density at radius 2 is 2.11 bits per heavy atom. The van der Waals surface area contributed by atoms with E-state index >= 15 is 0 Å². The van der Waals surface area contributed by atoms with E-state index in [4.69, 9.17) is 4.42 Å². The van der Waals surface area contributed by atoms with Crippen LogP contribution in [0.25, 0.3) is 0 Å². The van der Waals surface area contributed by atoms with Gasteiger partial charge in [0.25, 0.3) is 0 Å². The summed E-state index contributed by atoms with van der Waals surface area (Å²) in [6.07, 6.45) is 5.94. The number of halogens is 1. The average Bonchev–Trinajstić information content (AvgIpc) is 2.91. The maximum atomic E-state index is 12.8. The lowest BCUT2D eigenvalue weighted by Gasteiger charge is -2.20. The van der Waals surface area contributed by atoms with Gasteiger partial charge in [-0.05, 0) is 37.1 Å². The molecule has 1 aromatic heterocycles. The molecule has 0 saturated carbocycles. The fourth-order valence-electron chi connectivity index (χ4n) is 2.43. The highest BCUT2D eigenvalue weighted by molar-refractivity contribution is 5.20. The van der Waals surface area contributed by atoms with E-state index in [1.807, 2.05) is 0 Å². The standard InChI is InChI=1S/C15H17FN2O/c16-12-6-4-11(5-7-12)9-13-10-18-15(19-13)14-3-1-2-8-17-14/h4-7,10,14,17H,1-3,8-9H2. The summed E-state index contributed by atoms with van der Waals surface area (Å²) in [4.78, 5) is 4.35. The Morgan fingerprint density at radius 1 is 1.26 bits per heavy atom. The number of piperidine rings is 1. The van der Waals surface area contributed by atoms with Gasteiger partial charge in [0.1, 0.15) is 11.6 Å². The molecule has 1 aliphatic heterocycles. The lowest BCUT2D eigenvalue weighted by molar-refractivity contribution is 0.331. The minimum atomic E-state index is -0.214. The van der Waals surface area contributed by atoms with Crippen molar-refractivity contribution in [3.05, 3.63) is 53.5 Å². The number of hydrogen-bond donors (Lipinski definition) is 1. The third-order valence-corrected chi connectivity index (χ3v) is 3.47. The first kappa shape index (κ1) is 12.4. The first-order chi connectivity index (χ1) is 9.31. The summed E-state index contributed by atoms with van der Waals surface area (Å²) in [6, 6.07) is 6.73. The molecule has 1 fully saturated rings. The highest BCUT2D eigenvalue weighted by atomic mass is 19.1.